The summed E-state index contributed by atoms with van der Waals surface area (Å²) in [5, 5.41) is 29.7. The number of Topliss-reactive ketones (excluding diaryl/α,β-unsaturated/α-hetero) is 2. The molecule has 3 N–H and O–H groups in total. The van der Waals surface area contributed by atoms with Crippen molar-refractivity contribution in [2.75, 3.05) is 14.2 Å². The van der Waals surface area contributed by atoms with Crippen LogP contribution in [0.5, 0.6) is 11.5 Å². The van der Waals surface area contributed by atoms with E-state index in [0.29, 0.717) is 0 Å². The van der Waals surface area contributed by atoms with Gasteiger partial charge in [0.25, 0.3) is 0 Å². The maximum absolute atomic E-state index is 12.6. The number of fused-ring (bicyclic) bond motifs is 1. The van der Waals surface area contributed by atoms with Gasteiger partial charge in [-0.05, 0) is 24.3 Å². The molecule has 0 unspecified atom stereocenters. The van der Waals surface area contributed by atoms with Crippen molar-refractivity contribution in [3.05, 3.63) is 46.9 Å². The van der Waals surface area contributed by atoms with Gasteiger partial charge in [-0.1, -0.05) is 0 Å². The average Bonchev–Trinajstić information content (AvgIpc) is 2.98. The zero-order chi connectivity index (χ0) is 16.9. The van der Waals surface area contributed by atoms with Crippen LogP contribution < -0.4 is 9.47 Å². The SMILES string of the molecule is COc1cc2c(cc1OC)C(=O)C(O)(C1C=C(O)C(O)=C1)C2=O. The molecule has 0 saturated carbocycles. The van der Waals surface area contributed by atoms with Gasteiger partial charge in [0.05, 0.1) is 14.2 Å². The third-order valence-electron chi connectivity index (χ3n) is 4.12. The summed E-state index contributed by atoms with van der Waals surface area (Å²) in [6.07, 6.45) is 2.12. The van der Waals surface area contributed by atoms with Gasteiger partial charge in [0.2, 0.25) is 17.2 Å². The van der Waals surface area contributed by atoms with Crippen molar-refractivity contribution in [3.63, 3.8) is 0 Å². The van der Waals surface area contributed by atoms with Crippen molar-refractivity contribution < 1.29 is 34.4 Å². The summed E-state index contributed by atoms with van der Waals surface area (Å²) in [6, 6.07) is 2.66. The number of aliphatic hydroxyl groups excluding tert-OH is 2. The Labute approximate surface area is 131 Å². The molecule has 120 valence electrons. The quantitative estimate of drug-likeness (QED) is 0.720. The molecule has 23 heavy (non-hydrogen) atoms. The molecule has 0 saturated heterocycles. The van der Waals surface area contributed by atoms with Gasteiger partial charge in [-0.3, -0.25) is 9.59 Å². The second-order valence-corrected chi connectivity index (χ2v) is 5.31. The molecule has 7 heteroatoms. The Bertz CT molecular complexity index is 727. The van der Waals surface area contributed by atoms with Gasteiger partial charge >= 0.3 is 0 Å². The number of ketones is 2. The van der Waals surface area contributed by atoms with Crippen molar-refractivity contribution in [3.8, 4) is 11.5 Å². The second-order valence-electron chi connectivity index (χ2n) is 5.31. The lowest BCUT2D eigenvalue weighted by molar-refractivity contribution is 0.0242. The molecule has 0 fully saturated rings. The first-order chi connectivity index (χ1) is 10.8. The minimum atomic E-state index is -2.42. The summed E-state index contributed by atoms with van der Waals surface area (Å²) in [7, 11) is 2.77. The van der Waals surface area contributed by atoms with Crippen LogP contribution >= 0.6 is 0 Å². The van der Waals surface area contributed by atoms with Gasteiger partial charge < -0.3 is 24.8 Å². The Morgan fingerprint density at radius 1 is 0.913 bits per heavy atom. The van der Waals surface area contributed by atoms with E-state index in [2.05, 4.69) is 0 Å². The topological polar surface area (TPSA) is 113 Å². The fourth-order valence-electron chi connectivity index (χ4n) is 2.87. The lowest BCUT2D eigenvalue weighted by Crippen LogP contribution is -2.46. The molecular weight excluding hydrogens is 304 g/mol. The maximum atomic E-state index is 12.6. The van der Waals surface area contributed by atoms with Crippen molar-refractivity contribution >= 4 is 11.6 Å². The lowest BCUT2D eigenvalue weighted by atomic mass is 9.84. The van der Waals surface area contributed by atoms with Crippen LogP contribution in [0.25, 0.3) is 0 Å². The van der Waals surface area contributed by atoms with Gasteiger partial charge in [0.15, 0.2) is 23.0 Å². The third-order valence-corrected chi connectivity index (χ3v) is 4.12. The van der Waals surface area contributed by atoms with Crippen LogP contribution in [-0.2, 0) is 0 Å². The number of hydrogen-bond donors (Lipinski definition) is 3. The monoisotopic (exact) mass is 318 g/mol. The number of benzene rings is 1. The molecule has 0 radical (unpaired) electrons. The third kappa shape index (κ3) is 1.86. The van der Waals surface area contributed by atoms with E-state index in [4.69, 9.17) is 9.47 Å². The van der Waals surface area contributed by atoms with Gasteiger partial charge in [-0.25, -0.2) is 0 Å². The van der Waals surface area contributed by atoms with Crippen LogP contribution in [0.2, 0.25) is 0 Å². The molecule has 0 spiro atoms. The number of hydrogen-bond acceptors (Lipinski definition) is 7. The minimum absolute atomic E-state index is 0.00262. The summed E-state index contributed by atoms with van der Waals surface area (Å²) >= 11 is 0. The average molecular weight is 318 g/mol. The van der Waals surface area contributed by atoms with E-state index in [1.165, 1.54) is 26.4 Å². The van der Waals surface area contributed by atoms with Crippen molar-refractivity contribution in [2.24, 2.45) is 5.92 Å². The van der Waals surface area contributed by atoms with Crippen molar-refractivity contribution in [1.29, 1.82) is 0 Å². The predicted molar refractivity (Wildman–Crippen MR) is 78.1 cm³/mol. The number of methoxy groups -OCH3 is 2. The Morgan fingerprint density at radius 2 is 1.30 bits per heavy atom. The van der Waals surface area contributed by atoms with Crippen LogP contribution in [0, 0.1) is 5.92 Å². The molecule has 0 amide bonds. The van der Waals surface area contributed by atoms with Crippen LogP contribution in [-0.4, -0.2) is 46.7 Å². The highest BCUT2D eigenvalue weighted by atomic mass is 16.5. The molecule has 2 aliphatic carbocycles. The molecule has 3 rings (SSSR count). The number of ether oxygens (including phenoxy) is 2. The molecule has 0 atom stereocenters. The molecular formula is C16H14O7. The number of carbonyl (C=O) groups excluding carboxylic acids is 2. The molecule has 2 aliphatic rings. The van der Waals surface area contributed by atoms with Crippen LogP contribution in [0.15, 0.2) is 35.8 Å². The Kier molecular flexibility index (Phi) is 3.19. The summed E-state index contributed by atoms with van der Waals surface area (Å²) in [5.41, 5.74) is -2.41. The Hall–Kier alpha value is -2.80. The molecule has 0 aromatic heterocycles. The fraction of sp³-hybridized carbons (Fsp3) is 0.250. The van der Waals surface area contributed by atoms with E-state index in [1.54, 1.807) is 0 Å². The first-order valence-corrected chi connectivity index (χ1v) is 6.74. The Morgan fingerprint density at radius 3 is 1.65 bits per heavy atom. The molecule has 1 aromatic rings. The van der Waals surface area contributed by atoms with E-state index in [9.17, 15) is 24.9 Å². The number of aliphatic hydroxyl groups is 3. The van der Waals surface area contributed by atoms with E-state index in [1.807, 2.05) is 0 Å². The van der Waals surface area contributed by atoms with Crippen molar-refractivity contribution in [1.82, 2.24) is 0 Å². The predicted octanol–water partition coefficient (Wildman–Crippen LogP) is 1.33. The maximum Gasteiger partial charge on any atom is 0.204 e. The zero-order valence-electron chi connectivity index (χ0n) is 12.4. The van der Waals surface area contributed by atoms with Crippen LogP contribution in [0.1, 0.15) is 20.7 Å². The standard InChI is InChI=1S/C16H14O7/c1-22-12-5-8-9(6-13(12)23-2)15(20)16(21,14(8)19)7-3-10(17)11(18)4-7/h3-7,17-18,21H,1-2H3. The summed E-state index contributed by atoms with van der Waals surface area (Å²) in [4.78, 5) is 25.2. The van der Waals surface area contributed by atoms with E-state index in [-0.39, 0.29) is 22.6 Å². The van der Waals surface area contributed by atoms with E-state index >= 15 is 0 Å². The first kappa shape index (κ1) is 15.1. The normalized spacial score (nSPS) is 19.4. The minimum Gasteiger partial charge on any atom is -0.504 e. The van der Waals surface area contributed by atoms with E-state index in [0.717, 1.165) is 12.2 Å². The smallest absolute Gasteiger partial charge is 0.204 e. The highest BCUT2D eigenvalue weighted by molar-refractivity contribution is 6.32. The van der Waals surface area contributed by atoms with Crippen LogP contribution in [0.4, 0.5) is 0 Å². The Balaban J connectivity index is 2.15. The molecule has 7 nitrogen and oxygen atoms in total. The van der Waals surface area contributed by atoms with Crippen LogP contribution in [0.3, 0.4) is 0 Å². The number of rotatable bonds is 3. The summed E-state index contributed by atoms with van der Waals surface area (Å²) in [6.45, 7) is 0. The highest BCUT2D eigenvalue weighted by Crippen LogP contribution is 2.43. The van der Waals surface area contributed by atoms with Gasteiger partial charge in [0, 0.05) is 17.0 Å². The van der Waals surface area contributed by atoms with E-state index < -0.39 is 34.6 Å². The first-order valence-electron chi connectivity index (χ1n) is 6.74. The van der Waals surface area contributed by atoms with Gasteiger partial charge in [0.1, 0.15) is 0 Å². The van der Waals surface area contributed by atoms with Gasteiger partial charge in [-0.15, -0.1) is 0 Å². The number of carbonyl (C=O) groups is 2. The molecule has 0 aliphatic heterocycles. The molecule has 0 bridgehead atoms. The lowest BCUT2D eigenvalue weighted by Gasteiger charge is -2.22. The van der Waals surface area contributed by atoms with Gasteiger partial charge in [-0.2, -0.15) is 0 Å². The largest absolute Gasteiger partial charge is 0.504 e. The van der Waals surface area contributed by atoms with Crippen molar-refractivity contribution in [2.45, 2.75) is 5.60 Å². The molecule has 1 aromatic carbocycles. The zero-order valence-corrected chi connectivity index (χ0v) is 12.4. The molecule has 0 heterocycles. The second kappa shape index (κ2) is 4.85. The summed E-state index contributed by atoms with van der Waals surface area (Å²) in [5.74, 6) is -3.28. The summed E-state index contributed by atoms with van der Waals surface area (Å²) < 4.78 is 10.2. The fourth-order valence-corrected chi connectivity index (χ4v) is 2.87. The highest BCUT2D eigenvalue weighted by Gasteiger charge is 2.57.